The molecule has 2 rings (SSSR count). The van der Waals surface area contributed by atoms with Crippen LogP contribution >= 0.6 is 11.6 Å². The van der Waals surface area contributed by atoms with Gasteiger partial charge in [0.15, 0.2) is 0 Å². The summed E-state index contributed by atoms with van der Waals surface area (Å²) in [5, 5.41) is 13.3. The first-order valence-electron chi connectivity index (χ1n) is 7.54. The van der Waals surface area contributed by atoms with Crippen LogP contribution < -0.4 is 5.32 Å². The maximum atomic E-state index is 6.43. The lowest BCUT2D eigenvalue weighted by Gasteiger charge is -2.07. The molecule has 0 aliphatic rings. The van der Waals surface area contributed by atoms with Crippen LogP contribution in [-0.2, 0) is 26.1 Å². The highest BCUT2D eigenvalue weighted by Crippen LogP contribution is 2.22. The number of aryl methyl sites for hydroxylation is 2. The summed E-state index contributed by atoms with van der Waals surface area (Å²) in [5.41, 5.74) is 3.03. The van der Waals surface area contributed by atoms with E-state index < -0.39 is 0 Å². The van der Waals surface area contributed by atoms with Gasteiger partial charge in [0.1, 0.15) is 0 Å². The highest BCUT2D eigenvalue weighted by molar-refractivity contribution is 6.31. The third kappa shape index (κ3) is 3.86. The Morgan fingerprint density at radius 1 is 1.29 bits per heavy atom. The Labute approximate surface area is 131 Å². The Kier molecular flexibility index (Phi) is 5.42. The Morgan fingerprint density at radius 3 is 2.67 bits per heavy atom. The summed E-state index contributed by atoms with van der Waals surface area (Å²) in [6.07, 6.45) is 2.84. The first-order valence-corrected chi connectivity index (χ1v) is 7.92. The van der Waals surface area contributed by atoms with Crippen molar-refractivity contribution in [3.8, 4) is 0 Å². The van der Waals surface area contributed by atoms with Crippen LogP contribution in [-0.4, -0.2) is 25.6 Å². The van der Waals surface area contributed by atoms with Crippen molar-refractivity contribution in [2.45, 2.75) is 59.8 Å². The molecule has 6 heteroatoms. The van der Waals surface area contributed by atoms with Gasteiger partial charge in [-0.05, 0) is 19.4 Å². The molecule has 0 bridgehead atoms. The minimum Gasteiger partial charge on any atom is -0.309 e. The molecule has 0 saturated carbocycles. The molecule has 0 amide bonds. The lowest BCUT2D eigenvalue weighted by Crippen LogP contribution is -2.22. The van der Waals surface area contributed by atoms with Crippen molar-refractivity contribution in [2.24, 2.45) is 0 Å². The van der Waals surface area contributed by atoms with E-state index in [9.17, 15) is 0 Å². The monoisotopic (exact) mass is 309 g/mol. The van der Waals surface area contributed by atoms with Gasteiger partial charge >= 0.3 is 0 Å². The molecule has 0 saturated heterocycles. The molecule has 0 atom stereocenters. The van der Waals surface area contributed by atoms with Crippen LogP contribution in [0.25, 0.3) is 0 Å². The van der Waals surface area contributed by atoms with Crippen molar-refractivity contribution in [2.75, 3.05) is 0 Å². The van der Waals surface area contributed by atoms with Crippen molar-refractivity contribution in [1.29, 1.82) is 0 Å². The van der Waals surface area contributed by atoms with Gasteiger partial charge in [-0.25, -0.2) is 0 Å². The number of hydrogen-bond acceptors (Lipinski definition) is 3. The molecule has 0 aliphatic carbocycles. The Bertz CT molecular complexity index is 585. The standard InChI is InChI=1S/C15H24ClN5/c1-5-13-15(16)14(21(6-2)19-13)10-20-8-7-12(18-20)9-17-11(3)4/h7-8,11,17H,5-6,9-10H2,1-4H3. The number of rotatable bonds is 7. The fraction of sp³-hybridized carbons (Fsp3) is 0.600. The fourth-order valence-corrected chi connectivity index (χ4v) is 2.55. The highest BCUT2D eigenvalue weighted by Gasteiger charge is 2.15. The number of nitrogens with one attached hydrogen (secondary N) is 1. The van der Waals surface area contributed by atoms with Gasteiger partial charge in [0.05, 0.1) is 28.6 Å². The predicted molar refractivity (Wildman–Crippen MR) is 85.6 cm³/mol. The predicted octanol–water partition coefficient (Wildman–Crippen LogP) is 2.86. The molecule has 0 unspecified atom stereocenters. The zero-order valence-electron chi connectivity index (χ0n) is 13.2. The van der Waals surface area contributed by atoms with Crippen molar-refractivity contribution in [1.82, 2.24) is 24.9 Å². The lowest BCUT2D eigenvalue weighted by atomic mass is 10.3. The summed E-state index contributed by atoms with van der Waals surface area (Å²) in [6.45, 7) is 10.7. The summed E-state index contributed by atoms with van der Waals surface area (Å²) >= 11 is 6.43. The summed E-state index contributed by atoms with van der Waals surface area (Å²) < 4.78 is 3.89. The van der Waals surface area contributed by atoms with Crippen molar-refractivity contribution >= 4 is 11.6 Å². The van der Waals surface area contributed by atoms with E-state index in [1.54, 1.807) is 0 Å². The van der Waals surface area contributed by atoms with E-state index in [0.717, 1.165) is 41.6 Å². The van der Waals surface area contributed by atoms with Gasteiger partial charge < -0.3 is 5.32 Å². The third-order valence-electron chi connectivity index (χ3n) is 3.39. The molecule has 1 N–H and O–H groups in total. The first kappa shape index (κ1) is 16.0. The number of hydrogen-bond donors (Lipinski definition) is 1. The van der Waals surface area contributed by atoms with Crippen LogP contribution in [0.2, 0.25) is 5.02 Å². The van der Waals surface area contributed by atoms with Crippen LogP contribution in [0.15, 0.2) is 12.3 Å². The SMILES string of the molecule is CCc1nn(CC)c(Cn2ccc(CNC(C)C)n2)c1Cl. The third-order valence-corrected chi connectivity index (χ3v) is 3.83. The van der Waals surface area contributed by atoms with Crippen molar-refractivity contribution in [3.63, 3.8) is 0 Å². The second-order valence-electron chi connectivity index (χ2n) is 5.42. The average molecular weight is 310 g/mol. The molecular weight excluding hydrogens is 286 g/mol. The average Bonchev–Trinajstić information content (AvgIpc) is 3.03. The van der Waals surface area contributed by atoms with Gasteiger partial charge in [-0.1, -0.05) is 32.4 Å². The molecule has 0 aromatic carbocycles. The maximum absolute atomic E-state index is 6.43. The van der Waals surface area contributed by atoms with Gasteiger partial charge in [0, 0.05) is 25.3 Å². The van der Waals surface area contributed by atoms with Crippen LogP contribution in [0.1, 0.15) is 44.8 Å². The van der Waals surface area contributed by atoms with E-state index in [1.165, 1.54) is 0 Å². The molecule has 0 radical (unpaired) electrons. The maximum Gasteiger partial charge on any atom is 0.0869 e. The number of nitrogens with zero attached hydrogens (tertiary/aromatic N) is 4. The normalized spacial score (nSPS) is 11.5. The lowest BCUT2D eigenvalue weighted by molar-refractivity contribution is 0.553. The highest BCUT2D eigenvalue weighted by atomic mass is 35.5. The summed E-state index contributed by atoms with van der Waals surface area (Å²) in [7, 11) is 0. The fourth-order valence-electron chi connectivity index (χ4n) is 2.22. The second kappa shape index (κ2) is 7.09. The van der Waals surface area contributed by atoms with Gasteiger partial charge in [0.25, 0.3) is 0 Å². The minimum absolute atomic E-state index is 0.457. The van der Waals surface area contributed by atoms with Crippen LogP contribution in [0.3, 0.4) is 0 Å². The molecule has 0 aliphatic heterocycles. The van der Waals surface area contributed by atoms with E-state index >= 15 is 0 Å². The van der Waals surface area contributed by atoms with E-state index in [1.807, 2.05) is 21.6 Å². The van der Waals surface area contributed by atoms with E-state index in [2.05, 4.69) is 43.2 Å². The molecule has 5 nitrogen and oxygen atoms in total. The van der Waals surface area contributed by atoms with Crippen LogP contribution in [0.4, 0.5) is 0 Å². The Hall–Kier alpha value is -1.33. The largest absolute Gasteiger partial charge is 0.309 e. The topological polar surface area (TPSA) is 47.7 Å². The summed E-state index contributed by atoms with van der Waals surface area (Å²) in [4.78, 5) is 0. The molecule has 21 heavy (non-hydrogen) atoms. The van der Waals surface area contributed by atoms with Gasteiger partial charge in [-0.3, -0.25) is 9.36 Å². The van der Waals surface area contributed by atoms with Crippen molar-refractivity contribution < 1.29 is 0 Å². The Morgan fingerprint density at radius 2 is 2.05 bits per heavy atom. The van der Waals surface area contributed by atoms with Crippen LogP contribution in [0, 0.1) is 0 Å². The zero-order chi connectivity index (χ0) is 15.4. The van der Waals surface area contributed by atoms with Crippen molar-refractivity contribution in [3.05, 3.63) is 34.4 Å². The molecule has 0 spiro atoms. The molecular formula is C15H24ClN5. The van der Waals surface area contributed by atoms with E-state index in [4.69, 9.17) is 11.6 Å². The minimum atomic E-state index is 0.457. The number of aromatic nitrogens is 4. The molecule has 2 heterocycles. The Balaban J connectivity index is 2.13. The summed E-state index contributed by atoms with van der Waals surface area (Å²) in [6, 6.07) is 2.50. The van der Waals surface area contributed by atoms with E-state index in [-0.39, 0.29) is 0 Å². The van der Waals surface area contributed by atoms with Crippen LogP contribution in [0.5, 0.6) is 0 Å². The zero-order valence-corrected chi connectivity index (χ0v) is 14.0. The van der Waals surface area contributed by atoms with Gasteiger partial charge in [-0.15, -0.1) is 0 Å². The summed E-state index contributed by atoms with van der Waals surface area (Å²) in [5.74, 6) is 0. The van der Waals surface area contributed by atoms with E-state index in [0.29, 0.717) is 12.6 Å². The first-order chi connectivity index (χ1) is 10.0. The quantitative estimate of drug-likeness (QED) is 0.855. The van der Waals surface area contributed by atoms with Gasteiger partial charge in [-0.2, -0.15) is 10.2 Å². The molecule has 116 valence electrons. The molecule has 2 aromatic rings. The molecule has 2 aromatic heterocycles. The number of halogens is 1. The second-order valence-corrected chi connectivity index (χ2v) is 5.79. The van der Waals surface area contributed by atoms with Gasteiger partial charge in [0.2, 0.25) is 0 Å². The molecule has 0 fully saturated rings. The smallest absolute Gasteiger partial charge is 0.0869 e.